The largest absolute Gasteiger partial charge is 0.493 e. The zero-order valence-corrected chi connectivity index (χ0v) is 19.3. The zero-order chi connectivity index (χ0) is 24.2. The Bertz CT molecular complexity index is 1380. The van der Waals surface area contributed by atoms with Crippen LogP contribution in [-0.2, 0) is 4.79 Å². The maximum absolute atomic E-state index is 11.9. The van der Waals surface area contributed by atoms with E-state index >= 15 is 0 Å². The monoisotopic (exact) mass is 456 g/mol. The molecule has 172 valence electrons. The van der Waals surface area contributed by atoms with E-state index in [0.717, 1.165) is 11.1 Å². The molecule has 0 fully saturated rings. The van der Waals surface area contributed by atoms with Crippen LogP contribution in [0.2, 0.25) is 0 Å². The normalized spacial score (nSPS) is 10.6. The summed E-state index contributed by atoms with van der Waals surface area (Å²) in [7, 11) is 3.14. The second kappa shape index (κ2) is 9.58. The van der Waals surface area contributed by atoms with Gasteiger partial charge in [0.15, 0.2) is 23.1 Å². The second-order valence-electron chi connectivity index (χ2n) is 7.64. The third kappa shape index (κ3) is 4.80. The lowest BCUT2D eigenvalue weighted by atomic mass is 10.1. The number of carbonyl (C=O) groups excluding carboxylic acids is 2. The number of nitrogens with one attached hydrogen (secondary N) is 2. The number of ketones is 1. The van der Waals surface area contributed by atoms with Crippen molar-refractivity contribution in [1.82, 2.24) is 9.97 Å². The molecule has 0 saturated heterocycles. The molecule has 0 aliphatic rings. The third-order valence-corrected chi connectivity index (χ3v) is 5.20. The molecule has 0 bridgehead atoms. The molecule has 0 aliphatic heterocycles. The fourth-order valence-electron chi connectivity index (χ4n) is 3.53. The number of rotatable bonds is 7. The van der Waals surface area contributed by atoms with E-state index in [-0.39, 0.29) is 11.7 Å². The van der Waals surface area contributed by atoms with Gasteiger partial charge in [0.25, 0.3) is 0 Å². The Morgan fingerprint density at radius 1 is 0.824 bits per heavy atom. The van der Waals surface area contributed by atoms with E-state index < -0.39 is 0 Å². The summed E-state index contributed by atoms with van der Waals surface area (Å²) in [6, 6.07) is 18.1. The van der Waals surface area contributed by atoms with Gasteiger partial charge >= 0.3 is 0 Å². The lowest BCUT2D eigenvalue weighted by molar-refractivity contribution is -0.114. The van der Waals surface area contributed by atoms with Gasteiger partial charge in [0.05, 0.1) is 19.7 Å². The van der Waals surface area contributed by atoms with Gasteiger partial charge < -0.3 is 20.1 Å². The average Bonchev–Trinajstić information content (AvgIpc) is 2.84. The minimum absolute atomic E-state index is 0.0355. The molecule has 8 nitrogen and oxygen atoms in total. The number of anilines is 3. The van der Waals surface area contributed by atoms with Crippen LogP contribution in [0.3, 0.4) is 0 Å². The molecular formula is C26H24N4O4. The standard InChI is InChI=1S/C26H24N4O4/c1-15(31)17-6-5-7-18(12-17)25-29-22-14-24(34-4)23(33-3)13-21(22)26(30-25)28-20-10-8-19(9-11-20)27-16(2)32/h5-14H,1-4H3,(H,27,32)(H,28,29,30). The zero-order valence-electron chi connectivity index (χ0n) is 19.3. The summed E-state index contributed by atoms with van der Waals surface area (Å²) in [4.78, 5) is 32.7. The first-order chi connectivity index (χ1) is 16.4. The van der Waals surface area contributed by atoms with Crippen molar-refractivity contribution in [3.63, 3.8) is 0 Å². The Morgan fingerprint density at radius 2 is 1.50 bits per heavy atom. The highest BCUT2D eigenvalue weighted by atomic mass is 16.5. The lowest BCUT2D eigenvalue weighted by Gasteiger charge is -2.14. The number of ether oxygens (including phenoxy) is 2. The summed E-state index contributed by atoms with van der Waals surface area (Å²) in [6.45, 7) is 2.98. The van der Waals surface area contributed by atoms with Gasteiger partial charge in [-0.25, -0.2) is 9.97 Å². The number of hydrogen-bond donors (Lipinski definition) is 2. The molecule has 0 aliphatic carbocycles. The molecule has 1 amide bonds. The number of aromatic nitrogens is 2. The SMILES string of the molecule is COc1cc2nc(-c3cccc(C(C)=O)c3)nc(Nc3ccc(NC(C)=O)cc3)c2cc1OC. The summed E-state index contributed by atoms with van der Waals surface area (Å²) in [5, 5.41) is 6.82. The summed E-state index contributed by atoms with van der Waals surface area (Å²) in [5.41, 5.74) is 3.41. The second-order valence-corrected chi connectivity index (χ2v) is 7.64. The fourth-order valence-corrected chi connectivity index (χ4v) is 3.53. The van der Waals surface area contributed by atoms with Gasteiger partial charge in [0.2, 0.25) is 5.91 Å². The number of hydrogen-bond acceptors (Lipinski definition) is 7. The highest BCUT2D eigenvalue weighted by Gasteiger charge is 2.15. The van der Waals surface area contributed by atoms with Gasteiger partial charge in [0, 0.05) is 40.9 Å². The van der Waals surface area contributed by atoms with Crippen molar-refractivity contribution in [2.45, 2.75) is 13.8 Å². The number of benzene rings is 3. The molecule has 0 spiro atoms. The Labute approximate surface area is 197 Å². The summed E-state index contributed by atoms with van der Waals surface area (Å²) >= 11 is 0. The fraction of sp³-hybridized carbons (Fsp3) is 0.154. The van der Waals surface area contributed by atoms with Gasteiger partial charge in [-0.05, 0) is 43.3 Å². The molecular weight excluding hydrogens is 432 g/mol. The van der Waals surface area contributed by atoms with Gasteiger partial charge in [-0.2, -0.15) is 0 Å². The van der Waals surface area contributed by atoms with Crippen LogP contribution >= 0.6 is 0 Å². The third-order valence-electron chi connectivity index (χ3n) is 5.20. The van der Waals surface area contributed by atoms with Crippen LogP contribution in [0.25, 0.3) is 22.3 Å². The smallest absolute Gasteiger partial charge is 0.221 e. The van der Waals surface area contributed by atoms with Crippen molar-refractivity contribution in [2.75, 3.05) is 24.9 Å². The van der Waals surface area contributed by atoms with E-state index in [2.05, 4.69) is 10.6 Å². The van der Waals surface area contributed by atoms with E-state index in [1.165, 1.54) is 13.8 Å². The number of carbonyl (C=O) groups is 2. The van der Waals surface area contributed by atoms with Crippen molar-refractivity contribution < 1.29 is 19.1 Å². The molecule has 0 radical (unpaired) electrons. The van der Waals surface area contributed by atoms with Gasteiger partial charge in [-0.1, -0.05) is 18.2 Å². The molecule has 4 aromatic rings. The van der Waals surface area contributed by atoms with Crippen molar-refractivity contribution in [2.24, 2.45) is 0 Å². The van der Waals surface area contributed by atoms with Crippen LogP contribution in [-0.4, -0.2) is 35.9 Å². The number of Topliss-reactive ketones (excluding diaryl/α,β-unsaturated/α-hetero) is 1. The molecule has 4 rings (SSSR count). The molecule has 3 aromatic carbocycles. The Kier molecular flexibility index (Phi) is 6.40. The van der Waals surface area contributed by atoms with Crippen LogP contribution in [0.1, 0.15) is 24.2 Å². The number of nitrogens with zero attached hydrogens (tertiary/aromatic N) is 2. The van der Waals surface area contributed by atoms with Crippen molar-refractivity contribution in [3.8, 4) is 22.9 Å². The van der Waals surface area contributed by atoms with Crippen LogP contribution < -0.4 is 20.1 Å². The first-order valence-electron chi connectivity index (χ1n) is 10.6. The molecule has 8 heteroatoms. The van der Waals surface area contributed by atoms with Crippen LogP contribution in [0, 0.1) is 0 Å². The molecule has 0 unspecified atom stereocenters. The molecule has 34 heavy (non-hydrogen) atoms. The number of methoxy groups -OCH3 is 2. The van der Waals surface area contributed by atoms with Gasteiger partial charge in [-0.15, -0.1) is 0 Å². The highest BCUT2D eigenvalue weighted by molar-refractivity contribution is 5.97. The average molecular weight is 457 g/mol. The van der Waals surface area contributed by atoms with Gasteiger partial charge in [0.1, 0.15) is 5.82 Å². The van der Waals surface area contributed by atoms with Crippen molar-refractivity contribution >= 4 is 39.8 Å². The minimum Gasteiger partial charge on any atom is -0.493 e. The van der Waals surface area contributed by atoms with E-state index in [0.29, 0.717) is 45.5 Å². The summed E-state index contributed by atoms with van der Waals surface area (Å²) in [5.74, 6) is 1.94. The minimum atomic E-state index is -0.138. The maximum Gasteiger partial charge on any atom is 0.221 e. The predicted molar refractivity (Wildman–Crippen MR) is 132 cm³/mol. The molecule has 2 N–H and O–H groups in total. The van der Waals surface area contributed by atoms with Crippen molar-refractivity contribution in [1.29, 1.82) is 0 Å². The molecule has 0 atom stereocenters. The van der Waals surface area contributed by atoms with E-state index in [1.54, 1.807) is 44.6 Å². The molecule has 1 aromatic heterocycles. The first kappa shape index (κ1) is 22.7. The van der Waals surface area contributed by atoms with E-state index in [4.69, 9.17) is 19.4 Å². The quantitative estimate of drug-likeness (QED) is 0.368. The summed E-state index contributed by atoms with van der Waals surface area (Å²) in [6.07, 6.45) is 0. The Morgan fingerprint density at radius 3 is 2.15 bits per heavy atom. The number of amides is 1. The Hall–Kier alpha value is -4.46. The number of fused-ring (bicyclic) bond motifs is 1. The van der Waals surface area contributed by atoms with Crippen molar-refractivity contribution in [3.05, 3.63) is 66.2 Å². The first-order valence-corrected chi connectivity index (χ1v) is 10.6. The maximum atomic E-state index is 11.9. The Balaban J connectivity index is 1.84. The van der Waals surface area contributed by atoms with E-state index in [9.17, 15) is 9.59 Å². The van der Waals surface area contributed by atoms with Crippen LogP contribution in [0.15, 0.2) is 60.7 Å². The van der Waals surface area contributed by atoms with E-state index in [1.807, 2.05) is 30.3 Å². The lowest BCUT2D eigenvalue weighted by Crippen LogP contribution is -2.05. The molecule has 0 saturated carbocycles. The predicted octanol–water partition coefficient (Wildman–Crippen LogP) is 5.22. The molecule has 1 heterocycles. The summed E-state index contributed by atoms with van der Waals surface area (Å²) < 4.78 is 10.9. The van der Waals surface area contributed by atoms with Crippen LogP contribution in [0.5, 0.6) is 11.5 Å². The topological polar surface area (TPSA) is 102 Å². The van der Waals surface area contributed by atoms with Gasteiger partial charge in [-0.3, -0.25) is 9.59 Å². The highest BCUT2D eigenvalue weighted by Crippen LogP contribution is 2.36. The van der Waals surface area contributed by atoms with Crippen LogP contribution in [0.4, 0.5) is 17.2 Å².